The molecule has 0 bridgehead atoms. The second kappa shape index (κ2) is 9.02. The van der Waals surface area contributed by atoms with E-state index in [-0.39, 0.29) is 17.5 Å². The maximum atomic E-state index is 13.2. The van der Waals surface area contributed by atoms with Crippen molar-refractivity contribution in [2.24, 2.45) is 0 Å². The molecule has 9 heteroatoms. The number of thioether (sulfide) groups is 2. The number of halogens is 1. The number of anilines is 3. The molecule has 2 aromatic carbocycles. The van der Waals surface area contributed by atoms with Crippen LogP contribution >= 0.6 is 34.9 Å². The summed E-state index contributed by atoms with van der Waals surface area (Å²) >= 11 is 4.24. The molecular formula is C17H15FN4OS3. The molecule has 0 saturated heterocycles. The minimum Gasteiger partial charge on any atom is -0.330 e. The zero-order valence-electron chi connectivity index (χ0n) is 13.7. The summed E-state index contributed by atoms with van der Waals surface area (Å²) in [6, 6.07) is 13.8. The fourth-order valence-corrected chi connectivity index (χ4v) is 4.07. The molecule has 0 spiro atoms. The molecule has 3 aromatic rings. The van der Waals surface area contributed by atoms with Gasteiger partial charge in [0.15, 0.2) is 4.34 Å². The van der Waals surface area contributed by atoms with Crippen molar-refractivity contribution in [1.29, 1.82) is 0 Å². The SMILES string of the molecule is CSc1cccc(NC(=O)CSc2nnc(Nc3cccc(F)c3)s2)c1. The highest BCUT2D eigenvalue weighted by molar-refractivity contribution is 8.01. The van der Waals surface area contributed by atoms with Gasteiger partial charge in [0.2, 0.25) is 11.0 Å². The van der Waals surface area contributed by atoms with Crippen LogP contribution in [0.25, 0.3) is 0 Å². The van der Waals surface area contributed by atoms with Gasteiger partial charge in [-0.3, -0.25) is 4.79 Å². The molecule has 0 fully saturated rings. The van der Waals surface area contributed by atoms with Crippen molar-refractivity contribution in [3.8, 4) is 0 Å². The Bertz CT molecular complexity index is 903. The van der Waals surface area contributed by atoms with Gasteiger partial charge >= 0.3 is 0 Å². The number of carbonyl (C=O) groups excluding carboxylic acids is 1. The maximum absolute atomic E-state index is 13.2. The van der Waals surface area contributed by atoms with Crippen LogP contribution in [0.2, 0.25) is 0 Å². The Morgan fingerprint density at radius 1 is 1.15 bits per heavy atom. The van der Waals surface area contributed by atoms with Crippen LogP contribution in [0, 0.1) is 5.82 Å². The normalized spacial score (nSPS) is 10.5. The molecular weight excluding hydrogens is 391 g/mol. The zero-order chi connectivity index (χ0) is 18.4. The molecule has 1 aromatic heterocycles. The van der Waals surface area contributed by atoms with E-state index in [1.54, 1.807) is 23.9 Å². The third kappa shape index (κ3) is 5.45. The van der Waals surface area contributed by atoms with Crippen molar-refractivity contribution in [2.75, 3.05) is 22.6 Å². The van der Waals surface area contributed by atoms with Crippen molar-refractivity contribution >= 4 is 57.3 Å². The summed E-state index contributed by atoms with van der Waals surface area (Å²) < 4.78 is 13.9. The van der Waals surface area contributed by atoms with Crippen LogP contribution in [-0.2, 0) is 4.79 Å². The van der Waals surface area contributed by atoms with Crippen LogP contribution in [0.5, 0.6) is 0 Å². The molecule has 0 unspecified atom stereocenters. The van der Waals surface area contributed by atoms with Crippen molar-refractivity contribution in [1.82, 2.24) is 10.2 Å². The second-order valence-corrected chi connectivity index (χ2v) is 8.16. The molecule has 26 heavy (non-hydrogen) atoms. The molecule has 1 heterocycles. The molecule has 1 amide bonds. The van der Waals surface area contributed by atoms with E-state index in [9.17, 15) is 9.18 Å². The highest BCUT2D eigenvalue weighted by Crippen LogP contribution is 2.28. The molecule has 0 atom stereocenters. The van der Waals surface area contributed by atoms with Crippen LogP contribution in [0.1, 0.15) is 0 Å². The van der Waals surface area contributed by atoms with E-state index in [0.29, 0.717) is 15.2 Å². The number of benzene rings is 2. The molecule has 3 rings (SSSR count). The Morgan fingerprint density at radius 3 is 2.77 bits per heavy atom. The Hall–Kier alpha value is -2.10. The molecule has 0 aliphatic rings. The lowest BCUT2D eigenvalue weighted by Gasteiger charge is -2.05. The summed E-state index contributed by atoms with van der Waals surface area (Å²) in [5.74, 6) is -0.197. The van der Waals surface area contributed by atoms with Gasteiger partial charge in [-0.05, 0) is 42.7 Å². The third-order valence-corrected chi connectivity index (χ3v) is 5.86. The van der Waals surface area contributed by atoms with Crippen LogP contribution in [0.15, 0.2) is 57.8 Å². The number of rotatable bonds is 7. The Morgan fingerprint density at radius 2 is 1.96 bits per heavy atom. The van der Waals surface area contributed by atoms with Gasteiger partial charge in [0.25, 0.3) is 0 Å². The smallest absolute Gasteiger partial charge is 0.234 e. The third-order valence-electron chi connectivity index (χ3n) is 3.16. The summed E-state index contributed by atoms with van der Waals surface area (Å²) in [7, 11) is 0. The lowest BCUT2D eigenvalue weighted by molar-refractivity contribution is -0.113. The topological polar surface area (TPSA) is 66.9 Å². The van der Waals surface area contributed by atoms with Gasteiger partial charge in [0.1, 0.15) is 5.82 Å². The lowest BCUT2D eigenvalue weighted by atomic mass is 10.3. The Labute approximate surface area is 162 Å². The van der Waals surface area contributed by atoms with Crippen molar-refractivity contribution < 1.29 is 9.18 Å². The van der Waals surface area contributed by atoms with E-state index < -0.39 is 0 Å². The molecule has 5 nitrogen and oxygen atoms in total. The Balaban J connectivity index is 1.51. The molecule has 0 radical (unpaired) electrons. The minimum atomic E-state index is -0.323. The highest BCUT2D eigenvalue weighted by atomic mass is 32.2. The first-order valence-electron chi connectivity index (χ1n) is 7.55. The van der Waals surface area contributed by atoms with Gasteiger partial charge in [-0.1, -0.05) is 35.2 Å². The van der Waals surface area contributed by atoms with E-state index >= 15 is 0 Å². The van der Waals surface area contributed by atoms with E-state index in [4.69, 9.17) is 0 Å². The number of hydrogen-bond donors (Lipinski definition) is 2. The van der Waals surface area contributed by atoms with Crippen LogP contribution < -0.4 is 10.6 Å². The number of nitrogens with one attached hydrogen (secondary N) is 2. The first-order valence-corrected chi connectivity index (χ1v) is 10.6. The monoisotopic (exact) mass is 406 g/mol. The predicted octanol–water partition coefficient (Wildman–Crippen LogP) is 4.87. The largest absolute Gasteiger partial charge is 0.330 e. The second-order valence-electron chi connectivity index (χ2n) is 5.08. The zero-order valence-corrected chi connectivity index (χ0v) is 16.2. The standard InChI is InChI=1S/C17H15FN4OS3/c1-24-14-7-3-6-13(9-14)19-15(23)10-25-17-22-21-16(26-17)20-12-5-2-4-11(18)8-12/h2-9H,10H2,1H3,(H,19,23)(H,20,21). The number of nitrogens with zero attached hydrogens (tertiary/aromatic N) is 2. The lowest BCUT2D eigenvalue weighted by Crippen LogP contribution is -2.13. The van der Waals surface area contributed by atoms with E-state index in [2.05, 4.69) is 20.8 Å². The summed E-state index contributed by atoms with van der Waals surface area (Å²) in [5.41, 5.74) is 1.37. The summed E-state index contributed by atoms with van der Waals surface area (Å²) in [6.45, 7) is 0. The van der Waals surface area contributed by atoms with Crippen LogP contribution in [0.3, 0.4) is 0 Å². The highest BCUT2D eigenvalue weighted by Gasteiger charge is 2.09. The first kappa shape index (κ1) is 18.7. The van der Waals surface area contributed by atoms with Crippen molar-refractivity contribution in [3.63, 3.8) is 0 Å². The molecule has 0 aliphatic heterocycles. The van der Waals surface area contributed by atoms with Crippen molar-refractivity contribution in [2.45, 2.75) is 9.24 Å². The van der Waals surface area contributed by atoms with E-state index in [1.165, 1.54) is 35.2 Å². The van der Waals surface area contributed by atoms with E-state index in [0.717, 1.165) is 10.6 Å². The van der Waals surface area contributed by atoms with Crippen LogP contribution in [0.4, 0.5) is 20.9 Å². The first-order chi connectivity index (χ1) is 12.6. The van der Waals surface area contributed by atoms with Gasteiger partial charge in [0.05, 0.1) is 5.75 Å². The predicted molar refractivity (Wildman–Crippen MR) is 107 cm³/mol. The summed E-state index contributed by atoms with van der Waals surface area (Å²) in [6.07, 6.45) is 1.99. The number of hydrogen-bond acceptors (Lipinski definition) is 7. The summed E-state index contributed by atoms with van der Waals surface area (Å²) in [4.78, 5) is 13.2. The number of carbonyl (C=O) groups is 1. The fourth-order valence-electron chi connectivity index (χ4n) is 2.03. The van der Waals surface area contributed by atoms with Gasteiger partial charge < -0.3 is 10.6 Å². The molecule has 0 saturated carbocycles. The summed E-state index contributed by atoms with van der Waals surface area (Å²) in [5, 5.41) is 14.4. The van der Waals surface area contributed by atoms with Gasteiger partial charge in [-0.25, -0.2) is 4.39 Å². The fraction of sp³-hybridized carbons (Fsp3) is 0.118. The maximum Gasteiger partial charge on any atom is 0.234 e. The van der Waals surface area contributed by atoms with E-state index in [1.807, 2.05) is 30.5 Å². The van der Waals surface area contributed by atoms with Crippen LogP contribution in [-0.4, -0.2) is 28.1 Å². The van der Waals surface area contributed by atoms with Gasteiger partial charge in [-0.15, -0.1) is 22.0 Å². The number of amides is 1. The average Bonchev–Trinajstić information content (AvgIpc) is 3.07. The average molecular weight is 407 g/mol. The Kier molecular flexibility index (Phi) is 6.48. The molecule has 0 aliphatic carbocycles. The van der Waals surface area contributed by atoms with Gasteiger partial charge in [-0.2, -0.15) is 0 Å². The number of aromatic nitrogens is 2. The minimum absolute atomic E-state index is 0.108. The van der Waals surface area contributed by atoms with Gasteiger partial charge in [0, 0.05) is 16.3 Å². The van der Waals surface area contributed by atoms with Crippen molar-refractivity contribution in [3.05, 3.63) is 54.3 Å². The molecule has 134 valence electrons. The molecule has 2 N–H and O–H groups in total. The quantitative estimate of drug-likeness (QED) is 0.546.